The number of nitrogens with two attached hydrogens (primary N) is 1. The van der Waals surface area contributed by atoms with E-state index in [-0.39, 0.29) is 11.8 Å². The third-order valence-electron chi connectivity index (χ3n) is 3.56. The molecule has 0 bridgehead atoms. The summed E-state index contributed by atoms with van der Waals surface area (Å²) in [6.07, 6.45) is 4.94. The van der Waals surface area contributed by atoms with Crippen molar-refractivity contribution in [3.05, 3.63) is 24.3 Å². The molecule has 0 saturated heterocycles. The van der Waals surface area contributed by atoms with Gasteiger partial charge in [0.2, 0.25) is 5.91 Å². The molecule has 0 aliphatic rings. The van der Waals surface area contributed by atoms with Gasteiger partial charge in [-0.25, -0.2) is 0 Å². The minimum atomic E-state index is 0.121. The van der Waals surface area contributed by atoms with Gasteiger partial charge in [-0.3, -0.25) is 4.79 Å². The van der Waals surface area contributed by atoms with Crippen LogP contribution in [0.25, 0.3) is 0 Å². The molecule has 0 spiro atoms. The van der Waals surface area contributed by atoms with Crippen molar-refractivity contribution in [3.8, 4) is 0 Å². The third-order valence-corrected chi connectivity index (χ3v) is 3.56. The number of amides is 1. The highest BCUT2D eigenvalue weighted by Crippen LogP contribution is 2.26. The van der Waals surface area contributed by atoms with Gasteiger partial charge in [-0.2, -0.15) is 0 Å². The summed E-state index contributed by atoms with van der Waals surface area (Å²) in [5.41, 5.74) is 7.58. The van der Waals surface area contributed by atoms with Crippen molar-refractivity contribution in [2.45, 2.75) is 52.9 Å². The molecule has 20 heavy (non-hydrogen) atoms. The van der Waals surface area contributed by atoms with Gasteiger partial charge in [0.25, 0.3) is 0 Å². The lowest BCUT2D eigenvalue weighted by Gasteiger charge is -2.28. The van der Waals surface area contributed by atoms with Gasteiger partial charge in [0.15, 0.2) is 0 Å². The topological polar surface area (TPSA) is 46.3 Å². The van der Waals surface area contributed by atoms with E-state index in [1.54, 1.807) is 0 Å². The van der Waals surface area contributed by atoms with E-state index in [9.17, 15) is 4.79 Å². The summed E-state index contributed by atoms with van der Waals surface area (Å²) >= 11 is 0. The van der Waals surface area contributed by atoms with Crippen molar-refractivity contribution in [2.75, 3.05) is 17.2 Å². The van der Waals surface area contributed by atoms with Crippen molar-refractivity contribution in [1.29, 1.82) is 0 Å². The number of nitrogen functional groups attached to an aromatic ring is 1. The second-order valence-corrected chi connectivity index (χ2v) is 5.32. The number of anilines is 2. The lowest BCUT2D eigenvalue weighted by atomic mass is 9.96. The summed E-state index contributed by atoms with van der Waals surface area (Å²) in [7, 11) is 0. The van der Waals surface area contributed by atoms with Gasteiger partial charge in [0.1, 0.15) is 0 Å². The first kappa shape index (κ1) is 16.5. The molecule has 0 atom stereocenters. The zero-order chi connectivity index (χ0) is 15.0. The molecule has 0 unspecified atom stereocenters. The van der Waals surface area contributed by atoms with Gasteiger partial charge in [-0.15, -0.1) is 0 Å². The Morgan fingerprint density at radius 1 is 1.10 bits per heavy atom. The predicted octanol–water partition coefficient (Wildman–Crippen LogP) is 4.23. The molecule has 0 aromatic heterocycles. The van der Waals surface area contributed by atoms with Gasteiger partial charge in [-0.05, 0) is 31.4 Å². The van der Waals surface area contributed by atoms with E-state index in [1.807, 2.05) is 29.2 Å². The van der Waals surface area contributed by atoms with Crippen LogP contribution in [-0.2, 0) is 4.79 Å². The normalized spacial score (nSPS) is 10.8. The zero-order valence-electron chi connectivity index (χ0n) is 13.1. The quantitative estimate of drug-likeness (QED) is 0.722. The average molecular weight is 276 g/mol. The van der Waals surface area contributed by atoms with Gasteiger partial charge in [-0.1, -0.05) is 45.7 Å². The fourth-order valence-corrected chi connectivity index (χ4v) is 2.61. The molecular weight excluding hydrogens is 248 g/mol. The average Bonchev–Trinajstić information content (AvgIpc) is 2.45. The van der Waals surface area contributed by atoms with Crippen LogP contribution in [0.1, 0.15) is 52.9 Å². The Morgan fingerprint density at radius 2 is 1.70 bits per heavy atom. The first-order valence-electron chi connectivity index (χ1n) is 7.81. The lowest BCUT2D eigenvalue weighted by molar-refractivity contribution is -0.122. The predicted molar refractivity (Wildman–Crippen MR) is 86.8 cm³/mol. The molecule has 3 nitrogen and oxygen atoms in total. The van der Waals surface area contributed by atoms with Gasteiger partial charge in [0.05, 0.1) is 11.4 Å². The first-order chi connectivity index (χ1) is 9.65. The first-order valence-corrected chi connectivity index (χ1v) is 7.81. The highest BCUT2D eigenvalue weighted by atomic mass is 16.2. The maximum absolute atomic E-state index is 12.8. The van der Waals surface area contributed by atoms with Crippen LogP contribution < -0.4 is 10.6 Å². The van der Waals surface area contributed by atoms with Crippen molar-refractivity contribution in [1.82, 2.24) is 0 Å². The Bertz CT molecular complexity index is 411. The van der Waals surface area contributed by atoms with Crippen LogP contribution in [-0.4, -0.2) is 12.5 Å². The molecule has 1 amide bonds. The van der Waals surface area contributed by atoms with Crippen LogP contribution in [0.5, 0.6) is 0 Å². The molecule has 0 aliphatic carbocycles. The van der Waals surface area contributed by atoms with Crippen molar-refractivity contribution in [3.63, 3.8) is 0 Å². The summed E-state index contributed by atoms with van der Waals surface area (Å²) in [6, 6.07) is 7.65. The van der Waals surface area contributed by atoms with Crippen LogP contribution in [0.15, 0.2) is 24.3 Å². The molecule has 112 valence electrons. The fourth-order valence-electron chi connectivity index (χ4n) is 2.61. The lowest BCUT2D eigenvalue weighted by Crippen LogP contribution is -2.37. The second-order valence-electron chi connectivity index (χ2n) is 5.32. The molecule has 0 fully saturated rings. The smallest absolute Gasteiger partial charge is 0.230 e. The van der Waals surface area contributed by atoms with E-state index >= 15 is 0 Å². The molecule has 0 saturated carbocycles. The second kappa shape index (κ2) is 8.62. The van der Waals surface area contributed by atoms with Crippen molar-refractivity contribution < 1.29 is 4.79 Å². The van der Waals surface area contributed by atoms with E-state index < -0.39 is 0 Å². The number of carbonyl (C=O) groups is 1. The Morgan fingerprint density at radius 3 is 2.20 bits per heavy atom. The van der Waals surface area contributed by atoms with Crippen LogP contribution in [0.2, 0.25) is 0 Å². The van der Waals surface area contributed by atoms with Crippen LogP contribution in [0, 0.1) is 5.92 Å². The van der Waals surface area contributed by atoms with Crippen LogP contribution in [0.4, 0.5) is 11.4 Å². The molecule has 0 radical (unpaired) electrons. The number of nitrogens with zero attached hydrogens (tertiary/aromatic N) is 1. The van der Waals surface area contributed by atoms with E-state index in [1.165, 1.54) is 0 Å². The number of para-hydroxylation sites is 2. The summed E-state index contributed by atoms with van der Waals surface area (Å²) in [4.78, 5) is 14.7. The maximum atomic E-state index is 12.8. The van der Waals surface area contributed by atoms with Gasteiger partial charge < -0.3 is 10.6 Å². The fraction of sp³-hybridized carbons (Fsp3) is 0.588. The zero-order valence-corrected chi connectivity index (χ0v) is 13.1. The Labute approximate surface area is 123 Å². The molecule has 3 heteroatoms. The summed E-state index contributed by atoms with van der Waals surface area (Å²) in [6.45, 7) is 7.10. The molecular formula is C17H28N2O. The Balaban J connectivity index is 3.00. The minimum absolute atomic E-state index is 0.121. The Kier molecular flexibility index (Phi) is 7.13. The van der Waals surface area contributed by atoms with Crippen molar-refractivity contribution in [2.24, 2.45) is 5.92 Å². The summed E-state index contributed by atoms with van der Waals surface area (Å²) in [5.74, 6) is 0.351. The minimum Gasteiger partial charge on any atom is -0.397 e. The largest absolute Gasteiger partial charge is 0.397 e. The summed E-state index contributed by atoms with van der Waals surface area (Å²) < 4.78 is 0. The standard InChI is InChI=1S/C17H28N2O/c1-4-9-14(10-5-2)17(20)19(13-6-3)16-12-8-7-11-15(16)18/h7-8,11-12,14H,4-6,9-10,13,18H2,1-3H3. The maximum Gasteiger partial charge on any atom is 0.230 e. The van der Waals surface area contributed by atoms with E-state index in [0.29, 0.717) is 5.69 Å². The monoisotopic (exact) mass is 276 g/mol. The van der Waals surface area contributed by atoms with E-state index in [2.05, 4.69) is 20.8 Å². The van der Waals surface area contributed by atoms with E-state index in [4.69, 9.17) is 5.73 Å². The number of hydrogen-bond donors (Lipinski definition) is 1. The third kappa shape index (κ3) is 4.26. The van der Waals surface area contributed by atoms with Crippen molar-refractivity contribution >= 4 is 17.3 Å². The van der Waals surface area contributed by atoms with Crippen LogP contribution in [0.3, 0.4) is 0 Å². The van der Waals surface area contributed by atoms with E-state index in [0.717, 1.165) is 44.3 Å². The van der Waals surface area contributed by atoms with Gasteiger partial charge >= 0.3 is 0 Å². The number of benzene rings is 1. The Hall–Kier alpha value is -1.51. The number of carbonyl (C=O) groups excluding carboxylic acids is 1. The summed E-state index contributed by atoms with van der Waals surface area (Å²) in [5, 5.41) is 0. The van der Waals surface area contributed by atoms with Crippen LogP contribution >= 0.6 is 0 Å². The SMILES string of the molecule is CCCC(CCC)C(=O)N(CCC)c1ccccc1N. The molecule has 1 aromatic carbocycles. The van der Waals surface area contributed by atoms with Gasteiger partial charge in [0, 0.05) is 12.5 Å². The highest BCUT2D eigenvalue weighted by molar-refractivity contribution is 5.97. The number of rotatable bonds is 8. The molecule has 0 aliphatic heterocycles. The molecule has 1 aromatic rings. The molecule has 0 heterocycles. The molecule has 2 N–H and O–H groups in total. The molecule has 1 rings (SSSR count). The highest BCUT2D eigenvalue weighted by Gasteiger charge is 2.24. The number of hydrogen-bond acceptors (Lipinski definition) is 2.